The summed E-state index contributed by atoms with van der Waals surface area (Å²) in [5, 5.41) is 5.36. The van der Waals surface area contributed by atoms with Gasteiger partial charge in [0.1, 0.15) is 11.6 Å². The van der Waals surface area contributed by atoms with E-state index >= 15 is 0 Å². The molecule has 2 N–H and O–H groups in total. The quantitative estimate of drug-likeness (QED) is 0.891. The molecule has 1 aromatic carbocycles. The first-order valence-corrected chi connectivity index (χ1v) is 6.78. The molecule has 1 amide bonds. The third-order valence-electron chi connectivity index (χ3n) is 2.76. The van der Waals surface area contributed by atoms with Crippen LogP contribution in [0.1, 0.15) is 24.2 Å². The molecule has 2 aromatic rings. The predicted molar refractivity (Wildman–Crippen MR) is 78.8 cm³/mol. The molecule has 1 aromatic heterocycles. The second-order valence-electron chi connectivity index (χ2n) is 5.15. The van der Waals surface area contributed by atoms with Gasteiger partial charge >= 0.3 is 0 Å². The Morgan fingerprint density at radius 2 is 1.91 bits per heavy atom. The largest absolute Gasteiger partial charge is 0.352 e. The molecule has 0 saturated heterocycles. The monoisotopic (exact) mass is 306 g/mol. The van der Waals surface area contributed by atoms with E-state index in [0.29, 0.717) is 18.0 Å². The molecule has 5 nitrogen and oxygen atoms in total. The number of anilines is 2. The van der Waals surface area contributed by atoms with E-state index in [1.54, 1.807) is 0 Å². The summed E-state index contributed by atoms with van der Waals surface area (Å²) >= 11 is 0. The minimum Gasteiger partial charge on any atom is -0.352 e. The van der Waals surface area contributed by atoms with Crippen molar-refractivity contribution in [2.75, 3.05) is 11.9 Å². The zero-order valence-corrected chi connectivity index (χ0v) is 12.2. The van der Waals surface area contributed by atoms with Crippen LogP contribution in [0.5, 0.6) is 0 Å². The zero-order valence-electron chi connectivity index (χ0n) is 12.2. The maximum atomic E-state index is 13.5. The van der Waals surface area contributed by atoms with Crippen molar-refractivity contribution in [1.82, 2.24) is 15.3 Å². The number of nitrogens with one attached hydrogen (secondary N) is 2. The number of hydrogen-bond acceptors (Lipinski definition) is 4. The molecule has 0 unspecified atom stereocenters. The zero-order chi connectivity index (χ0) is 16.1. The van der Waals surface area contributed by atoms with Crippen LogP contribution in [0.2, 0.25) is 0 Å². The first kappa shape index (κ1) is 15.8. The second-order valence-corrected chi connectivity index (χ2v) is 5.15. The number of aromatic nitrogens is 2. The van der Waals surface area contributed by atoms with Crippen LogP contribution in [0.25, 0.3) is 0 Å². The molecule has 1 heterocycles. The van der Waals surface area contributed by atoms with Gasteiger partial charge in [-0.05, 0) is 18.1 Å². The van der Waals surface area contributed by atoms with Crippen LogP contribution < -0.4 is 10.6 Å². The molecule has 0 aliphatic rings. The Bertz CT molecular complexity index is 659. The van der Waals surface area contributed by atoms with Gasteiger partial charge in [0.05, 0.1) is 11.3 Å². The van der Waals surface area contributed by atoms with E-state index in [-0.39, 0.29) is 17.5 Å². The molecule has 116 valence electrons. The highest BCUT2D eigenvalue weighted by molar-refractivity contribution is 5.93. The highest BCUT2D eigenvalue weighted by Crippen LogP contribution is 2.18. The molecular formula is C15H16F2N4O. The summed E-state index contributed by atoms with van der Waals surface area (Å²) in [6.45, 7) is 4.53. The van der Waals surface area contributed by atoms with Crippen LogP contribution in [0.15, 0.2) is 30.6 Å². The van der Waals surface area contributed by atoms with Gasteiger partial charge in [-0.3, -0.25) is 4.79 Å². The van der Waals surface area contributed by atoms with Crippen molar-refractivity contribution in [3.63, 3.8) is 0 Å². The van der Waals surface area contributed by atoms with E-state index in [4.69, 9.17) is 0 Å². The first-order chi connectivity index (χ1) is 10.5. The molecule has 0 spiro atoms. The molecule has 0 fully saturated rings. The van der Waals surface area contributed by atoms with Crippen molar-refractivity contribution in [3.8, 4) is 0 Å². The van der Waals surface area contributed by atoms with E-state index < -0.39 is 11.6 Å². The van der Waals surface area contributed by atoms with Crippen molar-refractivity contribution >= 4 is 17.5 Å². The molecule has 0 bridgehead atoms. The van der Waals surface area contributed by atoms with Crippen molar-refractivity contribution in [2.24, 2.45) is 5.92 Å². The minimum atomic E-state index is -0.748. The molecule has 2 rings (SSSR count). The summed E-state index contributed by atoms with van der Waals surface area (Å²) in [6, 6.07) is 3.13. The summed E-state index contributed by atoms with van der Waals surface area (Å²) in [4.78, 5) is 19.7. The predicted octanol–water partition coefficient (Wildman–Crippen LogP) is 2.88. The van der Waals surface area contributed by atoms with Crippen LogP contribution in [-0.2, 0) is 0 Å². The first-order valence-electron chi connectivity index (χ1n) is 6.78. The highest BCUT2D eigenvalue weighted by atomic mass is 19.1. The number of halogens is 2. The number of benzene rings is 1. The summed E-state index contributed by atoms with van der Waals surface area (Å²) in [5.74, 6) is -1.23. The van der Waals surface area contributed by atoms with E-state index in [1.807, 2.05) is 13.8 Å². The third kappa shape index (κ3) is 4.21. The SMILES string of the molecule is CC(C)CNC(=O)c1cnc(Nc2ccc(F)cc2F)nc1. The fourth-order valence-electron chi connectivity index (χ4n) is 1.62. The molecule has 0 radical (unpaired) electrons. The molecule has 0 saturated carbocycles. The standard InChI is InChI=1S/C15H16F2N4O/c1-9(2)6-18-14(22)10-7-19-15(20-8-10)21-13-4-3-11(16)5-12(13)17/h3-5,7-9H,6H2,1-2H3,(H,18,22)(H,19,20,21). The van der Waals surface area contributed by atoms with E-state index in [1.165, 1.54) is 18.5 Å². The van der Waals surface area contributed by atoms with Crippen molar-refractivity contribution in [1.29, 1.82) is 0 Å². The van der Waals surface area contributed by atoms with Crippen LogP contribution in [-0.4, -0.2) is 22.4 Å². The number of nitrogens with zero attached hydrogens (tertiary/aromatic N) is 2. The normalized spacial score (nSPS) is 10.6. The van der Waals surface area contributed by atoms with E-state index in [0.717, 1.165) is 12.1 Å². The summed E-state index contributed by atoms with van der Waals surface area (Å²) in [6.07, 6.45) is 2.68. The molecule has 0 aliphatic carbocycles. The summed E-state index contributed by atoms with van der Waals surface area (Å²) in [5.41, 5.74) is 0.365. The average Bonchev–Trinajstić information content (AvgIpc) is 2.48. The number of carbonyl (C=O) groups is 1. The Morgan fingerprint density at radius 3 is 2.50 bits per heavy atom. The van der Waals surface area contributed by atoms with Gasteiger partial charge in [-0.2, -0.15) is 0 Å². The Hall–Kier alpha value is -2.57. The lowest BCUT2D eigenvalue weighted by Crippen LogP contribution is -2.27. The number of amides is 1. The Morgan fingerprint density at radius 1 is 1.23 bits per heavy atom. The summed E-state index contributed by atoms with van der Waals surface area (Å²) < 4.78 is 26.3. The lowest BCUT2D eigenvalue weighted by atomic mass is 10.2. The average molecular weight is 306 g/mol. The van der Waals surface area contributed by atoms with Crippen molar-refractivity contribution < 1.29 is 13.6 Å². The minimum absolute atomic E-state index is 0.0541. The van der Waals surface area contributed by atoms with Crippen molar-refractivity contribution in [3.05, 3.63) is 47.8 Å². The van der Waals surface area contributed by atoms with Gasteiger partial charge in [0, 0.05) is 25.0 Å². The van der Waals surface area contributed by atoms with Gasteiger partial charge in [-0.25, -0.2) is 18.7 Å². The van der Waals surface area contributed by atoms with Gasteiger partial charge in [0.15, 0.2) is 0 Å². The van der Waals surface area contributed by atoms with Crippen molar-refractivity contribution in [2.45, 2.75) is 13.8 Å². The Kier molecular flexibility index (Phi) is 4.98. The molecular weight excluding hydrogens is 290 g/mol. The highest BCUT2D eigenvalue weighted by Gasteiger charge is 2.09. The fraction of sp³-hybridized carbons (Fsp3) is 0.267. The molecule has 0 atom stereocenters. The Labute approximate surface area is 126 Å². The van der Waals surface area contributed by atoms with Gasteiger partial charge < -0.3 is 10.6 Å². The van der Waals surface area contributed by atoms with Gasteiger partial charge in [0.2, 0.25) is 5.95 Å². The Balaban J connectivity index is 2.04. The smallest absolute Gasteiger partial charge is 0.254 e. The topological polar surface area (TPSA) is 66.9 Å². The fourth-order valence-corrected chi connectivity index (χ4v) is 1.62. The van der Waals surface area contributed by atoms with Crippen LogP contribution in [0.4, 0.5) is 20.4 Å². The molecule has 22 heavy (non-hydrogen) atoms. The van der Waals surface area contributed by atoms with E-state index in [9.17, 15) is 13.6 Å². The number of carbonyl (C=O) groups excluding carboxylic acids is 1. The molecule has 7 heteroatoms. The second kappa shape index (κ2) is 6.93. The lowest BCUT2D eigenvalue weighted by Gasteiger charge is -2.08. The van der Waals surface area contributed by atoms with Gasteiger partial charge in [0.25, 0.3) is 5.91 Å². The lowest BCUT2D eigenvalue weighted by molar-refractivity contribution is 0.0948. The number of hydrogen-bond donors (Lipinski definition) is 2. The third-order valence-corrected chi connectivity index (χ3v) is 2.76. The van der Waals surface area contributed by atoms with Gasteiger partial charge in [-0.15, -0.1) is 0 Å². The van der Waals surface area contributed by atoms with E-state index in [2.05, 4.69) is 20.6 Å². The van der Waals surface area contributed by atoms with Gasteiger partial charge in [-0.1, -0.05) is 13.8 Å². The van der Waals surface area contributed by atoms with Crippen LogP contribution in [0.3, 0.4) is 0 Å². The number of rotatable bonds is 5. The summed E-state index contributed by atoms with van der Waals surface area (Å²) in [7, 11) is 0. The maximum absolute atomic E-state index is 13.5. The van der Waals surface area contributed by atoms with Crippen LogP contribution in [0, 0.1) is 17.6 Å². The molecule has 0 aliphatic heterocycles. The van der Waals surface area contributed by atoms with Crippen LogP contribution >= 0.6 is 0 Å². The maximum Gasteiger partial charge on any atom is 0.254 e.